The van der Waals surface area contributed by atoms with Gasteiger partial charge in [0, 0.05) is 31.2 Å². The van der Waals surface area contributed by atoms with Crippen LogP contribution in [0, 0.1) is 0 Å². The van der Waals surface area contributed by atoms with Gasteiger partial charge in [-0.25, -0.2) is 4.79 Å². The summed E-state index contributed by atoms with van der Waals surface area (Å²) in [6, 6.07) is 18.0. The molecule has 0 spiro atoms. The lowest BCUT2D eigenvalue weighted by Gasteiger charge is -2.25. The van der Waals surface area contributed by atoms with Crippen LogP contribution in [0.2, 0.25) is 0 Å². The number of urea groups is 1. The van der Waals surface area contributed by atoms with E-state index in [1.807, 2.05) is 61.5 Å². The fraction of sp³-hybridized carbons (Fsp3) is 0.269. The third kappa shape index (κ3) is 5.30. The molecule has 4 nitrogen and oxygen atoms in total. The van der Waals surface area contributed by atoms with Gasteiger partial charge in [0.15, 0.2) is 0 Å². The van der Waals surface area contributed by atoms with E-state index in [1.54, 1.807) is 4.90 Å². The number of aryl methyl sites for hydroxylation is 2. The van der Waals surface area contributed by atoms with Crippen molar-refractivity contribution in [1.29, 1.82) is 0 Å². The fourth-order valence-corrected chi connectivity index (χ4v) is 4.05. The number of anilines is 3. The van der Waals surface area contributed by atoms with E-state index in [0.29, 0.717) is 0 Å². The van der Waals surface area contributed by atoms with Crippen molar-refractivity contribution in [3.8, 4) is 0 Å². The molecule has 0 fully saturated rings. The number of hydrogen-bond donors (Lipinski definition) is 1. The minimum Gasteiger partial charge on any atom is -0.378 e. The van der Waals surface area contributed by atoms with E-state index in [9.17, 15) is 18.0 Å². The van der Waals surface area contributed by atoms with Gasteiger partial charge < -0.3 is 10.2 Å². The van der Waals surface area contributed by atoms with Crippen molar-refractivity contribution in [2.24, 2.45) is 0 Å². The van der Waals surface area contributed by atoms with Gasteiger partial charge in [0.05, 0.1) is 12.1 Å². The summed E-state index contributed by atoms with van der Waals surface area (Å²) in [4.78, 5) is 16.8. The number of carbonyl (C=O) groups excluding carboxylic acids is 1. The van der Waals surface area contributed by atoms with Crippen LogP contribution >= 0.6 is 0 Å². The number of halogens is 3. The van der Waals surface area contributed by atoms with Crippen LogP contribution in [-0.2, 0) is 25.6 Å². The Kier molecular flexibility index (Phi) is 6.31. The number of rotatable bonds is 5. The van der Waals surface area contributed by atoms with E-state index in [4.69, 9.17) is 0 Å². The number of hydrogen-bond acceptors (Lipinski definition) is 2. The van der Waals surface area contributed by atoms with E-state index < -0.39 is 17.8 Å². The highest BCUT2D eigenvalue weighted by Crippen LogP contribution is 2.32. The molecule has 33 heavy (non-hydrogen) atoms. The number of fused-ring (bicyclic) bond motifs is 1. The zero-order chi connectivity index (χ0) is 23.6. The molecular weight excluding hydrogens is 427 g/mol. The van der Waals surface area contributed by atoms with E-state index in [2.05, 4.69) is 5.32 Å². The second-order valence-corrected chi connectivity index (χ2v) is 8.46. The molecule has 0 bridgehead atoms. The maximum Gasteiger partial charge on any atom is 0.416 e. The predicted molar refractivity (Wildman–Crippen MR) is 126 cm³/mol. The van der Waals surface area contributed by atoms with E-state index in [1.165, 1.54) is 23.3 Å². The molecule has 0 atom stereocenters. The number of carbonyl (C=O) groups is 1. The van der Waals surface area contributed by atoms with Crippen molar-refractivity contribution in [3.05, 3.63) is 89.0 Å². The zero-order valence-corrected chi connectivity index (χ0v) is 18.6. The van der Waals surface area contributed by atoms with Gasteiger partial charge in [0.1, 0.15) is 0 Å². The van der Waals surface area contributed by atoms with Crippen molar-refractivity contribution in [2.45, 2.75) is 32.0 Å². The van der Waals surface area contributed by atoms with Crippen molar-refractivity contribution < 1.29 is 18.0 Å². The summed E-state index contributed by atoms with van der Waals surface area (Å²) in [6.07, 6.45) is -1.41. The van der Waals surface area contributed by atoms with Crippen molar-refractivity contribution in [1.82, 2.24) is 0 Å². The van der Waals surface area contributed by atoms with Gasteiger partial charge in [-0.1, -0.05) is 24.3 Å². The molecule has 172 valence electrons. The number of nitrogens with zero attached hydrogens (tertiary/aromatic N) is 2. The molecule has 0 saturated carbocycles. The minimum atomic E-state index is -4.48. The third-order valence-electron chi connectivity index (χ3n) is 5.87. The van der Waals surface area contributed by atoms with Crippen molar-refractivity contribution in [3.63, 3.8) is 0 Å². The lowest BCUT2D eigenvalue weighted by molar-refractivity contribution is -0.137. The average Bonchev–Trinajstić information content (AvgIpc) is 3.25. The van der Waals surface area contributed by atoms with Crippen LogP contribution in [0.15, 0.2) is 66.7 Å². The second kappa shape index (κ2) is 9.17. The summed E-state index contributed by atoms with van der Waals surface area (Å²) < 4.78 is 39.3. The molecular formula is C26H26F3N3O. The largest absolute Gasteiger partial charge is 0.416 e. The normalized spacial score (nSPS) is 12.9. The molecule has 2 amide bonds. The van der Waals surface area contributed by atoms with Crippen LogP contribution in [0.1, 0.15) is 28.7 Å². The standard InChI is InChI=1S/C26H26F3N3O/c1-31(2)23-12-9-18(10-13-23)17-32(24-14-11-19-5-3-6-20(19)15-24)25(33)30-22-8-4-7-21(16-22)26(27,28)29/h4,7-16H,3,5-6,17H2,1-2H3,(H,30,33). The molecule has 1 aliphatic rings. The van der Waals surface area contributed by atoms with Crippen LogP contribution < -0.4 is 15.1 Å². The highest BCUT2D eigenvalue weighted by Gasteiger charge is 2.30. The predicted octanol–water partition coefficient (Wildman–Crippen LogP) is 6.50. The average molecular weight is 454 g/mol. The molecule has 4 rings (SSSR count). The Balaban J connectivity index is 1.62. The van der Waals surface area contributed by atoms with Gasteiger partial charge in [-0.3, -0.25) is 4.90 Å². The smallest absolute Gasteiger partial charge is 0.378 e. The third-order valence-corrected chi connectivity index (χ3v) is 5.87. The lowest BCUT2D eigenvalue weighted by Crippen LogP contribution is -2.34. The Bertz CT molecular complexity index is 1140. The number of amides is 2. The molecule has 7 heteroatoms. The molecule has 0 aromatic heterocycles. The maximum atomic E-state index is 13.3. The van der Waals surface area contributed by atoms with E-state index in [-0.39, 0.29) is 12.2 Å². The first-order valence-corrected chi connectivity index (χ1v) is 10.8. The molecule has 3 aromatic carbocycles. The van der Waals surface area contributed by atoms with Gasteiger partial charge in [0.25, 0.3) is 0 Å². The second-order valence-electron chi connectivity index (χ2n) is 8.46. The molecule has 3 aromatic rings. The summed E-state index contributed by atoms with van der Waals surface area (Å²) >= 11 is 0. The molecule has 0 radical (unpaired) electrons. The van der Waals surface area contributed by atoms with Gasteiger partial charge in [0.2, 0.25) is 0 Å². The van der Waals surface area contributed by atoms with Crippen LogP contribution in [0.4, 0.5) is 35.0 Å². The van der Waals surface area contributed by atoms with Crippen LogP contribution in [-0.4, -0.2) is 20.1 Å². The van der Waals surface area contributed by atoms with Crippen molar-refractivity contribution >= 4 is 23.1 Å². The van der Waals surface area contributed by atoms with Gasteiger partial charge in [-0.15, -0.1) is 0 Å². The summed E-state index contributed by atoms with van der Waals surface area (Å²) in [7, 11) is 3.91. The number of alkyl halides is 3. The summed E-state index contributed by atoms with van der Waals surface area (Å²) in [5.74, 6) is 0. The summed E-state index contributed by atoms with van der Waals surface area (Å²) in [6.45, 7) is 0.289. The zero-order valence-electron chi connectivity index (χ0n) is 18.6. The molecule has 0 saturated heterocycles. The molecule has 0 aliphatic heterocycles. The number of nitrogens with one attached hydrogen (secondary N) is 1. The van der Waals surface area contributed by atoms with Crippen LogP contribution in [0.3, 0.4) is 0 Å². The first-order valence-electron chi connectivity index (χ1n) is 10.8. The van der Waals surface area contributed by atoms with Crippen molar-refractivity contribution in [2.75, 3.05) is 29.2 Å². The first-order chi connectivity index (χ1) is 15.7. The quantitative estimate of drug-likeness (QED) is 0.479. The van der Waals surface area contributed by atoms with Crippen LogP contribution in [0.5, 0.6) is 0 Å². The Morgan fingerprint density at radius 1 is 0.909 bits per heavy atom. The Morgan fingerprint density at radius 2 is 1.61 bits per heavy atom. The molecule has 0 unspecified atom stereocenters. The Morgan fingerprint density at radius 3 is 2.30 bits per heavy atom. The lowest BCUT2D eigenvalue weighted by atomic mass is 10.1. The van der Waals surface area contributed by atoms with Gasteiger partial charge >= 0.3 is 12.2 Å². The van der Waals surface area contributed by atoms with E-state index >= 15 is 0 Å². The Hall–Kier alpha value is -3.48. The Labute approximate surface area is 191 Å². The maximum absolute atomic E-state index is 13.3. The first kappa shape index (κ1) is 22.7. The van der Waals surface area contributed by atoms with Crippen LogP contribution in [0.25, 0.3) is 0 Å². The molecule has 1 N–H and O–H groups in total. The fourth-order valence-electron chi connectivity index (χ4n) is 4.05. The van der Waals surface area contributed by atoms with Gasteiger partial charge in [-0.05, 0) is 78.4 Å². The molecule has 0 heterocycles. The number of benzene rings is 3. The monoisotopic (exact) mass is 453 g/mol. The van der Waals surface area contributed by atoms with Gasteiger partial charge in [-0.2, -0.15) is 13.2 Å². The minimum absolute atomic E-state index is 0.101. The highest BCUT2D eigenvalue weighted by molar-refractivity contribution is 6.01. The highest BCUT2D eigenvalue weighted by atomic mass is 19.4. The topological polar surface area (TPSA) is 35.6 Å². The van der Waals surface area contributed by atoms with E-state index in [0.717, 1.165) is 48.3 Å². The summed E-state index contributed by atoms with van der Waals surface area (Å²) in [5, 5.41) is 2.65. The SMILES string of the molecule is CN(C)c1ccc(CN(C(=O)Nc2cccc(C(F)(F)F)c2)c2ccc3c(c2)CCC3)cc1. The summed E-state index contributed by atoms with van der Waals surface area (Å²) in [5.41, 5.74) is 4.47. The molecule has 1 aliphatic carbocycles.